The van der Waals surface area contributed by atoms with E-state index in [1.54, 1.807) is 17.5 Å². The summed E-state index contributed by atoms with van der Waals surface area (Å²) < 4.78 is 2.07. The second kappa shape index (κ2) is 9.33. The van der Waals surface area contributed by atoms with Crippen LogP contribution in [0.15, 0.2) is 10.9 Å². The van der Waals surface area contributed by atoms with Crippen LogP contribution in [0.1, 0.15) is 78.8 Å². The van der Waals surface area contributed by atoms with Gasteiger partial charge in [0.25, 0.3) is 5.91 Å². The highest BCUT2D eigenvalue weighted by Crippen LogP contribution is 2.33. The van der Waals surface area contributed by atoms with E-state index in [4.69, 9.17) is 5.10 Å². The van der Waals surface area contributed by atoms with E-state index < -0.39 is 0 Å². The van der Waals surface area contributed by atoms with Crippen molar-refractivity contribution in [1.82, 2.24) is 24.6 Å². The smallest absolute Gasteiger partial charge is 0.274 e. The molecule has 0 N–H and O–H groups in total. The molecule has 0 unspecified atom stereocenters. The molecule has 32 heavy (non-hydrogen) atoms. The van der Waals surface area contributed by atoms with Gasteiger partial charge in [-0.25, -0.2) is 4.98 Å². The van der Waals surface area contributed by atoms with Crippen LogP contribution in [-0.2, 0) is 30.8 Å². The van der Waals surface area contributed by atoms with Crippen LogP contribution in [0.3, 0.4) is 0 Å². The van der Waals surface area contributed by atoms with Crippen LogP contribution < -0.4 is 0 Å². The molecule has 2 saturated carbocycles. The molecule has 5 rings (SSSR count). The number of carbonyl (C=O) groups excluding carboxylic acids is 2. The van der Waals surface area contributed by atoms with E-state index in [1.807, 2.05) is 10.3 Å². The molecule has 8 heteroatoms. The minimum atomic E-state index is -0.0796. The van der Waals surface area contributed by atoms with Crippen molar-refractivity contribution in [2.45, 2.75) is 77.4 Å². The monoisotopic (exact) mass is 455 g/mol. The average molecular weight is 456 g/mol. The molecule has 3 aliphatic rings. The van der Waals surface area contributed by atoms with Crippen LogP contribution >= 0.6 is 11.3 Å². The summed E-state index contributed by atoms with van der Waals surface area (Å²) in [5, 5.41) is 6.76. The van der Waals surface area contributed by atoms with Gasteiger partial charge in [0.15, 0.2) is 5.69 Å². The number of carbonyl (C=O) groups is 2. The predicted molar refractivity (Wildman–Crippen MR) is 123 cm³/mol. The van der Waals surface area contributed by atoms with Gasteiger partial charge in [0.1, 0.15) is 0 Å². The predicted octanol–water partition coefficient (Wildman–Crippen LogP) is 3.88. The highest BCUT2D eigenvalue weighted by Gasteiger charge is 2.33. The molecule has 3 heterocycles. The van der Waals surface area contributed by atoms with Crippen LogP contribution in [0.4, 0.5) is 0 Å². The minimum Gasteiger partial charge on any atom is -0.338 e. The maximum atomic E-state index is 13.4. The van der Waals surface area contributed by atoms with Gasteiger partial charge in [0.05, 0.1) is 17.7 Å². The summed E-state index contributed by atoms with van der Waals surface area (Å²) in [5.41, 5.74) is 5.31. The van der Waals surface area contributed by atoms with Crippen LogP contribution in [0.25, 0.3) is 0 Å². The van der Waals surface area contributed by atoms with Crippen molar-refractivity contribution in [2.75, 3.05) is 13.6 Å². The molecule has 1 aliphatic heterocycles. The third kappa shape index (κ3) is 4.75. The van der Waals surface area contributed by atoms with Crippen molar-refractivity contribution in [2.24, 2.45) is 11.8 Å². The number of hydrogen-bond acceptors (Lipinski definition) is 5. The molecule has 7 nitrogen and oxygen atoms in total. The SMILES string of the molecule is CN(Cc1cscn1)C(=O)c1nn(CC2CC2)c2c1CN(C(=O)CCC1CCCC1)CC2. The van der Waals surface area contributed by atoms with Crippen LogP contribution in [0, 0.1) is 11.8 Å². The fourth-order valence-electron chi connectivity index (χ4n) is 5.17. The maximum Gasteiger partial charge on any atom is 0.274 e. The molecule has 2 amide bonds. The molecular formula is C24H33N5O2S. The quantitative estimate of drug-likeness (QED) is 0.606. The first kappa shape index (κ1) is 21.6. The van der Waals surface area contributed by atoms with Crippen molar-refractivity contribution < 1.29 is 9.59 Å². The molecule has 0 atom stereocenters. The van der Waals surface area contributed by atoms with Gasteiger partial charge in [0.2, 0.25) is 5.91 Å². The van der Waals surface area contributed by atoms with Gasteiger partial charge < -0.3 is 9.80 Å². The lowest BCUT2D eigenvalue weighted by atomic mass is 10.00. The first-order valence-corrected chi connectivity index (χ1v) is 13.0. The fourth-order valence-corrected chi connectivity index (χ4v) is 5.72. The Morgan fingerprint density at radius 2 is 2.00 bits per heavy atom. The van der Waals surface area contributed by atoms with Gasteiger partial charge in [0, 0.05) is 56.2 Å². The number of nitrogens with zero attached hydrogens (tertiary/aromatic N) is 5. The van der Waals surface area contributed by atoms with Gasteiger partial charge in [-0.3, -0.25) is 14.3 Å². The van der Waals surface area contributed by atoms with Crippen molar-refractivity contribution in [3.63, 3.8) is 0 Å². The molecule has 0 bridgehead atoms. The second-order valence-electron chi connectivity index (χ2n) is 9.79. The molecule has 2 aromatic rings. The summed E-state index contributed by atoms with van der Waals surface area (Å²) in [6.45, 7) is 2.60. The van der Waals surface area contributed by atoms with Gasteiger partial charge in [-0.1, -0.05) is 25.7 Å². The van der Waals surface area contributed by atoms with E-state index in [2.05, 4.69) is 9.67 Å². The lowest BCUT2D eigenvalue weighted by Crippen LogP contribution is -2.37. The number of thiazole rings is 1. The zero-order chi connectivity index (χ0) is 22.1. The third-order valence-corrected chi connectivity index (χ3v) is 7.92. The zero-order valence-corrected chi connectivity index (χ0v) is 19.8. The number of fused-ring (bicyclic) bond motifs is 1. The minimum absolute atomic E-state index is 0.0796. The first-order valence-electron chi connectivity index (χ1n) is 12.1. The highest BCUT2D eigenvalue weighted by molar-refractivity contribution is 7.07. The normalized spacial score (nSPS) is 18.7. The molecule has 0 saturated heterocycles. The zero-order valence-electron chi connectivity index (χ0n) is 19.0. The number of aromatic nitrogens is 3. The molecular weight excluding hydrogens is 422 g/mol. The second-order valence-corrected chi connectivity index (χ2v) is 10.5. The molecule has 172 valence electrons. The Kier molecular flexibility index (Phi) is 6.31. The maximum absolute atomic E-state index is 13.4. The Morgan fingerprint density at radius 3 is 2.72 bits per heavy atom. The van der Waals surface area contributed by atoms with E-state index in [0.29, 0.717) is 31.1 Å². The Balaban J connectivity index is 1.32. The Hall–Kier alpha value is -2.22. The number of rotatable bonds is 8. The van der Waals surface area contributed by atoms with E-state index in [9.17, 15) is 9.59 Å². The molecule has 2 aromatic heterocycles. The molecule has 0 spiro atoms. The highest BCUT2D eigenvalue weighted by atomic mass is 32.1. The van der Waals surface area contributed by atoms with Crippen molar-refractivity contribution in [3.8, 4) is 0 Å². The van der Waals surface area contributed by atoms with Gasteiger partial charge in [-0.2, -0.15) is 5.10 Å². The lowest BCUT2D eigenvalue weighted by molar-refractivity contribution is -0.132. The van der Waals surface area contributed by atoms with Crippen LogP contribution in [0.5, 0.6) is 0 Å². The molecule has 0 radical (unpaired) electrons. The van der Waals surface area contributed by atoms with E-state index >= 15 is 0 Å². The van der Waals surface area contributed by atoms with Crippen molar-refractivity contribution in [1.29, 1.82) is 0 Å². The lowest BCUT2D eigenvalue weighted by Gasteiger charge is -2.28. The topological polar surface area (TPSA) is 71.3 Å². The van der Waals surface area contributed by atoms with E-state index in [0.717, 1.165) is 48.8 Å². The summed E-state index contributed by atoms with van der Waals surface area (Å²) >= 11 is 1.53. The van der Waals surface area contributed by atoms with Gasteiger partial charge in [-0.15, -0.1) is 11.3 Å². The average Bonchev–Trinajstić information content (AvgIpc) is 3.18. The Bertz CT molecular complexity index is 959. The first-order chi connectivity index (χ1) is 15.6. The molecule has 0 aromatic carbocycles. The van der Waals surface area contributed by atoms with E-state index in [-0.39, 0.29) is 11.8 Å². The fraction of sp³-hybridized carbons (Fsp3) is 0.667. The number of amides is 2. The van der Waals surface area contributed by atoms with E-state index in [1.165, 1.54) is 49.9 Å². The number of hydrogen-bond donors (Lipinski definition) is 0. The summed E-state index contributed by atoms with van der Waals surface area (Å²) in [4.78, 5) is 34.3. The molecule has 2 aliphatic carbocycles. The summed E-state index contributed by atoms with van der Waals surface area (Å²) in [6.07, 6.45) is 10.1. The van der Waals surface area contributed by atoms with Crippen molar-refractivity contribution in [3.05, 3.63) is 33.5 Å². The Labute approximate surface area is 193 Å². The summed E-state index contributed by atoms with van der Waals surface area (Å²) in [5.74, 6) is 1.55. The van der Waals surface area contributed by atoms with Crippen LogP contribution in [0.2, 0.25) is 0 Å². The standard InChI is InChI=1S/C24H33N5O2S/c1-27(13-19-15-32-16-25-19)24(31)23-20-14-28(22(30)9-8-17-4-2-3-5-17)11-10-21(20)29(26-23)12-18-6-7-18/h15-18H,2-14H2,1H3. The van der Waals surface area contributed by atoms with Gasteiger partial charge in [-0.05, 0) is 31.1 Å². The summed E-state index contributed by atoms with van der Waals surface area (Å²) in [6, 6.07) is 0. The van der Waals surface area contributed by atoms with Gasteiger partial charge >= 0.3 is 0 Å². The Morgan fingerprint density at radius 1 is 1.19 bits per heavy atom. The largest absolute Gasteiger partial charge is 0.338 e. The van der Waals surface area contributed by atoms with Crippen LogP contribution in [-0.4, -0.2) is 50.0 Å². The summed E-state index contributed by atoms with van der Waals surface area (Å²) in [7, 11) is 1.81. The third-order valence-electron chi connectivity index (χ3n) is 7.29. The molecule has 2 fully saturated rings. The van der Waals surface area contributed by atoms with Crippen molar-refractivity contribution >= 4 is 23.2 Å².